The maximum atomic E-state index is 4.34. The average molecular weight is 243 g/mol. The maximum absolute atomic E-state index is 4.34. The van der Waals surface area contributed by atoms with Gasteiger partial charge in [0, 0.05) is 19.3 Å². The van der Waals surface area contributed by atoms with Crippen molar-refractivity contribution in [1.82, 2.24) is 15.0 Å². The molecule has 2 aromatic heterocycles. The third-order valence-corrected chi connectivity index (χ3v) is 2.65. The molecule has 94 valence electrons. The number of nitrogens with one attached hydrogen (secondary N) is 2. The van der Waals surface area contributed by atoms with Crippen LogP contribution in [-0.2, 0) is 6.54 Å². The van der Waals surface area contributed by atoms with E-state index >= 15 is 0 Å². The average Bonchev–Trinajstić information content (AvgIpc) is 2.37. The van der Waals surface area contributed by atoms with Crippen molar-refractivity contribution in [2.75, 3.05) is 17.7 Å². The zero-order chi connectivity index (χ0) is 13.0. The molecule has 0 bridgehead atoms. The molecule has 0 fully saturated rings. The molecule has 0 saturated carbocycles. The number of hydrogen-bond acceptors (Lipinski definition) is 5. The van der Waals surface area contributed by atoms with Crippen LogP contribution in [0.15, 0.2) is 24.4 Å². The van der Waals surface area contributed by atoms with E-state index in [1.807, 2.05) is 39.1 Å². The Hall–Kier alpha value is -2.17. The molecule has 0 saturated heterocycles. The number of aryl methyl sites for hydroxylation is 2. The predicted octanol–water partition coefficient (Wildman–Crippen LogP) is 2.14. The van der Waals surface area contributed by atoms with E-state index < -0.39 is 0 Å². The quantitative estimate of drug-likeness (QED) is 0.861. The molecule has 0 aliphatic carbocycles. The minimum absolute atomic E-state index is 0.659. The van der Waals surface area contributed by atoms with Gasteiger partial charge >= 0.3 is 0 Å². The highest BCUT2D eigenvalue weighted by atomic mass is 15.1. The predicted molar refractivity (Wildman–Crippen MR) is 72.6 cm³/mol. The maximum Gasteiger partial charge on any atom is 0.132 e. The third-order valence-electron chi connectivity index (χ3n) is 2.65. The summed E-state index contributed by atoms with van der Waals surface area (Å²) in [7, 11) is 1.84. The summed E-state index contributed by atoms with van der Waals surface area (Å²) in [6, 6.07) is 5.87. The molecule has 0 radical (unpaired) electrons. The normalized spacial score (nSPS) is 10.2. The van der Waals surface area contributed by atoms with Crippen LogP contribution in [0, 0.1) is 13.8 Å². The van der Waals surface area contributed by atoms with Gasteiger partial charge < -0.3 is 10.6 Å². The van der Waals surface area contributed by atoms with Crippen LogP contribution in [0.1, 0.15) is 17.1 Å². The Morgan fingerprint density at radius 2 is 1.94 bits per heavy atom. The Bertz CT molecular complexity index is 539. The smallest absolute Gasteiger partial charge is 0.132 e. The molecule has 0 unspecified atom stereocenters. The van der Waals surface area contributed by atoms with E-state index in [0.717, 1.165) is 23.2 Å². The lowest BCUT2D eigenvalue weighted by atomic mass is 10.2. The lowest BCUT2D eigenvalue weighted by molar-refractivity contribution is 0.981. The number of nitrogens with zero attached hydrogens (tertiary/aromatic N) is 3. The summed E-state index contributed by atoms with van der Waals surface area (Å²) in [5.41, 5.74) is 2.20. The molecule has 2 N–H and O–H groups in total. The summed E-state index contributed by atoms with van der Waals surface area (Å²) in [6.07, 6.45) is 1.80. The first-order valence-corrected chi connectivity index (χ1v) is 5.87. The molecule has 2 heterocycles. The molecular weight excluding hydrogens is 226 g/mol. The molecule has 0 amide bonds. The van der Waals surface area contributed by atoms with Gasteiger partial charge in [-0.1, -0.05) is 6.07 Å². The number of hydrogen-bond donors (Lipinski definition) is 2. The van der Waals surface area contributed by atoms with E-state index in [-0.39, 0.29) is 0 Å². The highest BCUT2D eigenvalue weighted by Gasteiger charge is 2.02. The molecule has 0 aliphatic heterocycles. The van der Waals surface area contributed by atoms with Gasteiger partial charge in [-0.25, -0.2) is 9.97 Å². The fraction of sp³-hybridized carbons (Fsp3) is 0.308. The third kappa shape index (κ3) is 2.94. The van der Waals surface area contributed by atoms with Crippen molar-refractivity contribution in [1.29, 1.82) is 0 Å². The zero-order valence-electron chi connectivity index (χ0n) is 10.9. The molecule has 0 atom stereocenters. The second kappa shape index (κ2) is 5.44. The van der Waals surface area contributed by atoms with Crippen LogP contribution in [0.3, 0.4) is 0 Å². The molecule has 0 aromatic carbocycles. The Labute approximate surface area is 107 Å². The molecule has 0 spiro atoms. The fourth-order valence-corrected chi connectivity index (χ4v) is 1.66. The highest BCUT2D eigenvalue weighted by molar-refractivity contribution is 5.47. The first-order valence-electron chi connectivity index (χ1n) is 5.87. The summed E-state index contributed by atoms with van der Waals surface area (Å²) in [6.45, 7) is 4.58. The molecular formula is C13H17N5. The molecule has 5 heteroatoms. The van der Waals surface area contributed by atoms with E-state index in [9.17, 15) is 0 Å². The van der Waals surface area contributed by atoms with Crippen molar-refractivity contribution in [3.63, 3.8) is 0 Å². The monoisotopic (exact) mass is 243 g/mol. The van der Waals surface area contributed by atoms with Crippen molar-refractivity contribution in [3.8, 4) is 0 Å². The lowest BCUT2D eigenvalue weighted by Crippen LogP contribution is -2.07. The highest BCUT2D eigenvalue weighted by Crippen LogP contribution is 2.12. The van der Waals surface area contributed by atoms with Crippen LogP contribution in [0.25, 0.3) is 0 Å². The minimum atomic E-state index is 0.659. The zero-order valence-corrected chi connectivity index (χ0v) is 10.9. The van der Waals surface area contributed by atoms with Crippen LogP contribution < -0.4 is 10.6 Å². The Kier molecular flexibility index (Phi) is 3.72. The van der Waals surface area contributed by atoms with Crippen molar-refractivity contribution >= 4 is 11.6 Å². The minimum Gasteiger partial charge on any atom is -0.373 e. The first kappa shape index (κ1) is 12.3. The van der Waals surface area contributed by atoms with Crippen LogP contribution in [0.5, 0.6) is 0 Å². The van der Waals surface area contributed by atoms with Gasteiger partial charge in [0.25, 0.3) is 0 Å². The summed E-state index contributed by atoms with van der Waals surface area (Å²) in [5, 5.41) is 6.27. The summed E-state index contributed by atoms with van der Waals surface area (Å²) >= 11 is 0. The SMILES string of the molecule is CNc1cc(NCc2ncccc2C)nc(C)n1. The first-order chi connectivity index (χ1) is 8.69. The molecule has 5 nitrogen and oxygen atoms in total. The van der Waals surface area contributed by atoms with Gasteiger partial charge in [-0.05, 0) is 25.5 Å². The van der Waals surface area contributed by atoms with Gasteiger partial charge in [-0.15, -0.1) is 0 Å². The summed E-state index contributed by atoms with van der Waals surface area (Å²) < 4.78 is 0. The van der Waals surface area contributed by atoms with Crippen molar-refractivity contribution in [3.05, 3.63) is 41.5 Å². The van der Waals surface area contributed by atoms with Crippen LogP contribution in [-0.4, -0.2) is 22.0 Å². The van der Waals surface area contributed by atoms with Crippen molar-refractivity contribution in [2.45, 2.75) is 20.4 Å². The Morgan fingerprint density at radius 3 is 2.67 bits per heavy atom. The van der Waals surface area contributed by atoms with E-state index in [1.54, 1.807) is 6.20 Å². The van der Waals surface area contributed by atoms with E-state index in [4.69, 9.17) is 0 Å². The van der Waals surface area contributed by atoms with Gasteiger partial charge in [0.15, 0.2) is 0 Å². The largest absolute Gasteiger partial charge is 0.373 e. The molecule has 2 rings (SSSR count). The van der Waals surface area contributed by atoms with E-state index in [2.05, 4.69) is 25.6 Å². The summed E-state index contributed by atoms with van der Waals surface area (Å²) in [5.74, 6) is 2.35. The topological polar surface area (TPSA) is 62.7 Å². The van der Waals surface area contributed by atoms with Gasteiger partial charge in [0.05, 0.1) is 12.2 Å². The van der Waals surface area contributed by atoms with Gasteiger partial charge in [-0.3, -0.25) is 4.98 Å². The number of aromatic nitrogens is 3. The van der Waals surface area contributed by atoms with Gasteiger partial charge in [0.2, 0.25) is 0 Å². The van der Waals surface area contributed by atoms with Crippen LogP contribution >= 0.6 is 0 Å². The van der Waals surface area contributed by atoms with Crippen molar-refractivity contribution < 1.29 is 0 Å². The lowest BCUT2D eigenvalue weighted by Gasteiger charge is -2.09. The van der Waals surface area contributed by atoms with Crippen molar-refractivity contribution in [2.24, 2.45) is 0 Å². The number of pyridine rings is 1. The Balaban J connectivity index is 2.11. The van der Waals surface area contributed by atoms with E-state index in [0.29, 0.717) is 6.54 Å². The van der Waals surface area contributed by atoms with E-state index in [1.165, 1.54) is 5.56 Å². The summed E-state index contributed by atoms with van der Waals surface area (Å²) in [4.78, 5) is 12.9. The van der Waals surface area contributed by atoms with Crippen LogP contribution in [0.4, 0.5) is 11.6 Å². The molecule has 18 heavy (non-hydrogen) atoms. The van der Waals surface area contributed by atoms with Gasteiger partial charge in [-0.2, -0.15) is 0 Å². The second-order valence-corrected chi connectivity index (χ2v) is 4.06. The number of rotatable bonds is 4. The second-order valence-electron chi connectivity index (χ2n) is 4.06. The molecule has 0 aliphatic rings. The fourth-order valence-electron chi connectivity index (χ4n) is 1.66. The Morgan fingerprint density at radius 1 is 1.17 bits per heavy atom. The number of anilines is 2. The molecule has 2 aromatic rings. The van der Waals surface area contributed by atoms with Gasteiger partial charge in [0.1, 0.15) is 17.5 Å². The standard InChI is InChI=1S/C13H17N5/c1-9-5-4-6-15-11(9)8-16-13-7-12(14-3)17-10(2)18-13/h4-7H,8H2,1-3H3,(H2,14,16,17,18). The van der Waals surface area contributed by atoms with Crippen LogP contribution in [0.2, 0.25) is 0 Å².